The molecule has 10 heteroatoms. The monoisotopic (exact) mass is 534 g/mol. The second-order valence-electron chi connectivity index (χ2n) is 8.18. The Morgan fingerprint density at radius 2 is 1.49 bits per heavy atom. The summed E-state index contributed by atoms with van der Waals surface area (Å²) in [5.74, 6) is 0.251. The Labute approximate surface area is 218 Å². The molecular weight excluding hydrogens is 500 g/mol. The summed E-state index contributed by atoms with van der Waals surface area (Å²) in [6.07, 6.45) is 9.53. The summed E-state index contributed by atoms with van der Waals surface area (Å²) >= 11 is 0. The van der Waals surface area contributed by atoms with E-state index in [1.54, 1.807) is 48.5 Å². The van der Waals surface area contributed by atoms with Crippen molar-refractivity contribution in [1.29, 1.82) is 0 Å². The quantitative estimate of drug-likeness (QED) is 0.0985. The minimum Gasteiger partial charge on any atom is -0.494 e. The highest BCUT2D eigenvalue weighted by atomic mass is 32.2. The molecule has 0 radical (unpaired) electrons. The fraction of sp³-hybridized carbons (Fsp3) is 0.407. The number of hydrogen-bond acceptors (Lipinski definition) is 9. The van der Waals surface area contributed by atoms with Gasteiger partial charge < -0.3 is 18.9 Å². The molecule has 0 aliphatic rings. The zero-order chi connectivity index (χ0) is 27.1. The van der Waals surface area contributed by atoms with Gasteiger partial charge in [0.15, 0.2) is 11.5 Å². The first kappa shape index (κ1) is 29.9. The molecule has 0 atom stereocenters. The third-order valence-electron chi connectivity index (χ3n) is 5.20. The van der Waals surface area contributed by atoms with Gasteiger partial charge in [-0.2, -0.15) is 8.42 Å². The number of unbranched alkanes of at least 4 members (excludes halogenated alkanes) is 5. The van der Waals surface area contributed by atoms with Gasteiger partial charge in [0.05, 0.1) is 39.3 Å². The van der Waals surface area contributed by atoms with Gasteiger partial charge in [-0.1, -0.05) is 31.7 Å². The fourth-order valence-corrected chi connectivity index (χ4v) is 3.68. The standard InChI is InChI=1S/C27H34O9S/c1-32-25-20-21(11-17-26(28)33-2)10-16-24(25)36-27(29)22-12-14-23(15-13-22)34-18-8-6-4-5-7-9-19-35-37(3,30)31/h10-17,20H,4-9,18-19H2,1-3H3. The van der Waals surface area contributed by atoms with E-state index in [-0.39, 0.29) is 12.4 Å². The van der Waals surface area contributed by atoms with Gasteiger partial charge in [-0.3, -0.25) is 4.18 Å². The van der Waals surface area contributed by atoms with Gasteiger partial charge in [0, 0.05) is 6.08 Å². The molecule has 9 nitrogen and oxygen atoms in total. The van der Waals surface area contributed by atoms with E-state index >= 15 is 0 Å². The van der Waals surface area contributed by atoms with E-state index in [1.807, 2.05) is 0 Å². The minimum absolute atomic E-state index is 0.237. The van der Waals surface area contributed by atoms with Crippen LogP contribution in [0.3, 0.4) is 0 Å². The van der Waals surface area contributed by atoms with Crippen molar-refractivity contribution in [3.05, 3.63) is 59.7 Å². The van der Waals surface area contributed by atoms with Crippen LogP contribution in [0.1, 0.15) is 54.4 Å². The maximum absolute atomic E-state index is 12.6. The van der Waals surface area contributed by atoms with Crippen molar-refractivity contribution in [3.8, 4) is 17.2 Å². The molecule has 0 aliphatic heterocycles. The average Bonchev–Trinajstić information content (AvgIpc) is 2.88. The Morgan fingerprint density at radius 3 is 2.11 bits per heavy atom. The Bertz CT molecular complexity index is 1140. The van der Waals surface area contributed by atoms with E-state index in [2.05, 4.69) is 4.74 Å². The largest absolute Gasteiger partial charge is 0.494 e. The number of benzene rings is 2. The van der Waals surface area contributed by atoms with Gasteiger partial charge in [-0.15, -0.1) is 0 Å². The lowest BCUT2D eigenvalue weighted by molar-refractivity contribution is -0.134. The number of ether oxygens (including phenoxy) is 4. The molecule has 37 heavy (non-hydrogen) atoms. The van der Waals surface area contributed by atoms with Crippen LogP contribution in [-0.4, -0.2) is 54.0 Å². The molecule has 0 N–H and O–H groups in total. The molecule has 2 rings (SSSR count). The van der Waals surface area contributed by atoms with Crippen LogP contribution in [-0.2, 0) is 23.8 Å². The number of carbonyl (C=O) groups is 2. The summed E-state index contributed by atoms with van der Waals surface area (Å²) in [7, 11) is -0.590. The lowest BCUT2D eigenvalue weighted by Gasteiger charge is -2.11. The van der Waals surface area contributed by atoms with Crippen LogP contribution in [0.4, 0.5) is 0 Å². The highest BCUT2D eigenvalue weighted by Gasteiger charge is 2.13. The maximum atomic E-state index is 12.6. The molecule has 0 amide bonds. The smallest absolute Gasteiger partial charge is 0.343 e. The Balaban J connectivity index is 1.73. The second kappa shape index (κ2) is 15.7. The molecule has 0 saturated carbocycles. The normalized spacial score (nSPS) is 11.3. The Morgan fingerprint density at radius 1 is 0.838 bits per heavy atom. The van der Waals surface area contributed by atoms with Crippen molar-refractivity contribution in [3.63, 3.8) is 0 Å². The molecule has 2 aromatic rings. The zero-order valence-corrected chi connectivity index (χ0v) is 22.3. The van der Waals surface area contributed by atoms with Crippen molar-refractivity contribution >= 4 is 28.1 Å². The van der Waals surface area contributed by atoms with Gasteiger partial charge >= 0.3 is 11.9 Å². The van der Waals surface area contributed by atoms with Gasteiger partial charge in [0.25, 0.3) is 10.1 Å². The lowest BCUT2D eigenvalue weighted by atomic mass is 10.1. The number of carbonyl (C=O) groups excluding carboxylic acids is 2. The van der Waals surface area contributed by atoms with Crippen molar-refractivity contribution in [2.45, 2.75) is 38.5 Å². The van der Waals surface area contributed by atoms with Crippen LogP contribution in [0.15, 0.2) is 48.5 Å². The van der Waals surface area contributed by atoms with Crippen molar-refractivity contribution in [2.75, 3.05) is 33.7 Å². The average molecular weight is 535 g/mol. The van der Waals surface area contributed by atoms with Crippen molar-refractivity contribution in [2.24, 2.45) is 0 Å². The molecule has 0 unspecified atom stereocenters. The molecule has 0 aromatic heterocycles. The van der Waals surface area contributed by atoms with Crippen LogP contribution in [0.5, 0.6) is 17.2 Å². The third-order valence-corrected chi connectivity index (χ3v) is 5.79. The van der Waals surface area contributed by atoms with Crippen LogP contribution < -0.4 is 14.2 Å². The maximum Gasteiger partial charge on any atom is 0.343 e. The number of rotatable bonds is 16. The fourth-order valence-electron chi connectivity index (χ4n) is 3.26. The van der Waals surface area contributed by atoms with Gasteiger partial charge in [0.2, 0.25) is 0 Å². The molecule has 0 saturated heterocycles. The third kappa shape index (κ3) is 11.9. The summed E-state index contributed by atoms with van der Waals surface area (Å²) < 4.78 is 47.6. The summed E-state index contributed by atoms with van der Waals surface area (Å²) in [4.78, 5) is 23.8. The predicted molar refractivity (Wildman–Crippen MR) is 139 cm³/mol. The van der Waals surface area contributed by atoms with E-state index in [0.29, 0.717) is 29.2 Å². The highest BCUT2D eigenvalue weighted by Crippen LogP contribution is 2.29. The predicted octanol–water partition coefficient (Wildman–Crippen LogP) is 4.80. The zero-order valence-electron chi connectivity index (χ0n) is 21.4. The first-order valence-electron chi connectivity index (χ1n) is 12.0. The topological polar surface area (TPSA) is 114 Å². The first-order chi connectivity index (χ1) is 17.7. The van der Waals surface area contributed by atoms with E-state index in [4.69, 9.17) is 18.4 Å². The van der Waals surface area contributed by atoms with Gasteiger partial charge in [-0.05, 0) is 60.9 Å². The molecule has 2 aromatic carbocycles. The van der Waals surface area contributed by atoms with Crippen LogP contribution in [0.2, 0.25) is 0 Å². The van der Waals surface area contributed by atoms with E-state index in [1.165, 1.54) is 20.3 Å². The number of hydrogen-bond donors (Lipinski definition) is 0. The summed E-state index contributed by atoms with van der Waals surface area (Å²) in [6, 6.07) is 11.6. The number of methoxy groups -OCH3 is 2. The van der Waals surface area contributed by atoms with E-state index < -0.39 is 22.1 Å². The molecule has 0 heterocycles. The highest BCUT2D eigenvalue weighted by molar-refractivity contribution is 7.85. The second-order valence-corrected chi connectivity index (χ2v) is 9.82. The van der Waals surface area contributed by atoms with Crippen molar-refractivity contribution in [1.82, 2.24) is 0 Å². The van der Waals surface area contributed by atoms with Gasteiger partial charge in [0.1, 0.15) is 5.75 Å². The van der Waals surface area contributed by atoms with Gasteiger partial charge in [-0.25, -0.2) is 9.59 Å². The SMILES string of the molecule is COC(=O)C=Cc1ccc(OC(=O)c2ccc(OCCCCCCCCOS(C)(=O)=O)cc2)c(OC)c1. The Kier molecular flexibility index (Phi) is 12.7. The van der Waals surface area contributed by atoms with E-state index in [0.717, 1.165) is 44.8 Å². The molecule has 202 valence electrons. The molecule has 0 bridgehead atoms. The summed E-state index contributed by atoms with van der Waals surface area (Å²) in [5, 5.41) is 0. The van der Waals surface area contributed by atoms with Crippen LogP contribution >= 0.6 is 0 Å². The number of esters is 2. The minimum atomic E-state index is -3.35. The molecule has 0 spiro atoms. The summed E-state index contributed by atoms with van der Waals surface area (Å²) in [6.45, 7) is 0.802. The van der Waals surface area contributed by atoms with Crippen LogP contribution in [0, 0.1) is 0 Å². The Hall–Kier alpha value is -3.37. The first-order valence-corrected chi connectivity index (χ1v) is 13.8. The molecule has 0 fully saturated rings. The van der Waals surface area contributed by atoms with Crippen LogP contribution in [0.25, 0.3) is 6.08 Å². The molecular formula is C27H34O9S. The molecule has 0 aliphatic carbocycles. The lowest BCUT2D eigenvalue weighted by Crippen LogP contribution is -2.09. The summed E-state index contributed by atoms with van der Waals surface area (Å²) in [5.41, 5.74) is 1.05. The van der Waals surface area contributed by atoms with E-state index in [9.17, 15) is 18.0 Å². The van der Waals surface area contributed by atoms with Crippen molar-refractivity contribution < 1.29 is 41.1 Å².